The van der Waals surface area contributed by atoms with Gasteiger partial charge in [0.2, 0.25) is 11.8 Å². The molecule has 110 valence electrons. The molecule has 0 aliphatic rings. The van der Waals surface area contributed by atoms with Crippen LogP contribution in [0.2, 0.25) is 0 Å². The summed E-state index contributed by atoms with van der Waals surface area (Å²) in [5, 5.41) is 2.84. The molecule has 0 spiro atoms. The minimum absolute atomic E-state index is 0.0347. The number of carbonyl (C=O) groups is 2. The van der Waals surface area contributed by atoms with Crippen molar-refractivity contribution in [1.82, 2.24) is 5.32 Å². The van der Waals surface area contributed by atoms with Gasteiger partial charge in [-0.3, -0.25) is 14.5 Å². The van der Waals surface area contributed by atoms with Gasteiger partial charge in [0.1, 0.15) is 12.3 Å². The molecule has 1 N–H and O–H groups in total. The molecular formula is C15H22N2O3. The van der Waals surface area contributed by atoms with E-state index >= 15 is 0 Å². The normalized spacial score (nSPS) is 10.8. The van der Waals surface area contributed by atoms with Crippen molar-refractivity contribution in [3.8, 4) is 5.75 Å². The molecule has 1 rings (SSSR count). The van der Waals surface area contributed by atoms with Gasteiger partial charge in [0.15, 0.2) is 0 Å². The number of anilines is 1. The van der Waals surface area contributed by atoms with Crippen molar-refractivity contribution in [3.05, 3.63) is 24.3 Å². The van der Waals surface area contributed by atoms with E-state index in [1.165, 1.54) is 18.9 Å². The van der Waals surface area contributed by atoms with E-state index in [4.69, 9.17) is 4.74 Å². The first-order valence-electron chi connectivity index (χ1n) is 6.46. The number of amides is 2. The fourth-order valence-corrected chi connectivity index (χ4v) is 1.82. The van der Waals surface area contributed by atoms with Crippen LogP contribution in [0.25, 0.3) is 0 Å². The molecule has 0 aliphatic carbocycles. The fraction of sp³-hybridized carbons (Fsp3) is 0.467. The average Bonchev–Trinajstić information content (AvgIpc) is 2.33. The summed E-state index contributed by atoms with van der Waals surface area (Å²) in [7, 11) is 1.53. The third kappa shape index (κ3) is 4.57. The molecule has 1 aromatic rings. The van der Waals surface area contributed by atoms with E-state index in [0.29, 0.717) is 11.4 Å². The van der Waals surface area contributed by atoms with Crippen molar-refractivity contribution >= 4 is 17.5 Å². The minimum atomic E-state index is -0.333. The second-order valence-electron chi connectivity index (χ2n) is 5.58. The maximum absolute atomic E-state index is 12.0. The Kier molecular flexibility index (Phi) is 5.13. The number of para-hydroxylation sites is 2. The van der Waals surface area contributed by atoms with E-state index in [0.717, 1.165) is 0 Å². The highest BCUT2D eigenvalue weighted by molar-refractivity contribution is 5.98. The van der Waals surface area contributed by atoms with E-state index in [9.17, 15) is 9.59 Å². The first-order valence-corrected chi connectivity index (χ1v) is 6.46. The van der Waals surface area contributed by atoms with Gasteiger partial charge in [-0.2, -0.15) is 0 Å². The molecule has 0 radical (unpaired) electrons. The van der Waals surface area contributed by atoms with Gasteiger partial charge in [-0.15, -0.1) is 0 Å². The molecule has 5 nitrogen and oxygen atoms in total. The second-order valence-corrected chi connectivity index (χ2v) is 5.58. The molecular weight excluding hydrogens is 256 g/mol. The predicted octanol–water partition coefficient (Wildman–Crippen LogP) is 1.96. The van der Waals surface area contributed by atoms with Crippen molar-refractivity contribution in [2.24, 2.45) is 0 Å². The highest BCUT2D eigenvalue weighted by Crippen LogP contribution is 2.27. The van der Waals surface area contributed by atoms with Crippen molar-refractivity contribution < 1.29 is 14.3 Å². The van der Waals surface area contributed by atoms with Gasteiger partial charge < -0.3 is 10.1 Å². The number of benzene rings is 1. The van der Waals surface area contributed by atoms with Gasteiger partial charge in [0.25, 0.3) is 0 Å². The van der Waals surface area contributed by atoms with E-state index in [2.05, 4.69) is 5.32 Å². The van der Waals surface area contributed by atoms with E-state index in [1.54, 1.807) is 18.2 Å². The number of hydrogen-bond acceptors (Lipinski definition) is 3. The molecule has 0 bridgehead atoms. The Morgan fingerprint density at radius 3 is 2.35 bits per heavy atom. The Labute approximate surface area is 119 Å². The van der Waals surface area contributed by atoms with Gasteiger partial charge in [0, 0.05) is 12.5 Å². The van der Waals surface area contributed by atoms with Crippen LogP contribution in [-0.2, 0) is 9.59 Å². The van der Waals surface area contributed by atoms with Gasteiger partial charge in [-0.25, -0.2) is 0 Å². The number of ether oxygens (including phenoxy) is 1. The van der Waals surface area contributed by atoms with Crippen LogP contribution in [-0.4, -0.2) is 31.0 Å². The summed E-state index contributed by atoms with van der Waals surface area (Å²) in [5.41, 5.74) is 0.256. The van der Waals surface area contributed by atoms with Crippen LogP contribution in [0.1, 0.15) is 27.7 Å². The monoisotopic (exact) mass is 278 g/mol. The largest absolute Gasteiger partial charge is 0.495 e. The molecule has 0 aliphatic heterocycles. The highest BCUT2D eigenvalue weighted by atomic mass is 16.5. The van der Waals surface area contributed by atoms with Gasteiger partial charge in [0.05, 0.1) is 12.8 Å². The zero-order chi connectivity index (χ0) is 15.3. The Bertz CT molecular complexity index is 492. The molecule has 20 heavy (non-hydrogen) atoms. The molecule has 0 saturated heterocycles. The smallest absolute Gasteiger partial charge is 0.240 e. The molecule has 0 fully saturated rings. The first-order chi connectivity index (χ1) is 9.24. The molecule has 1 aromatic carbocycles. The van der Waals surface area contributed by atoms with Crippen LogP contribution < -0.4 is 15.0 Å². The van der Waals surface area contributed by atoms with Crippen LogP contribution in [0.3, 0.4) is 0 Å². The zero-order valence-corrected chi connectivity index (χ0v) is 12.7. The molecule has 0 saturated carbocycles. The van der Waals surface area contributed by atoms with Crippen molar-refractivity contribution in [3.63, 3.8) is 0 Å². The van der Waals surface area contributed by atoms with Gasteiger partial charge >= 0.3 is 0 Å². The van der Waals surface area contributed by atoms with E-state index in [1.807, 2.05) is 26.8 Å². The SMILES string of the molecule is COc1ccccc1N(CC(=O)NC(C)(C)C)C(C)=O. The van der Waals surface area contributed by atoms with Gasteiger partial charge in [-0.05, 0) is 32.9 Å². The quantitative estimate of drug-likeness (QED) is 0.916. The lowest BCUT2D eigenvalue weighted by atomic mass is 10.1. The first kappa shape index (κ1) is 16.0. The third-order valence-corrected chi connectivity index (χ3v) is 2.57. The maximum Gasteiger partial charge on any atom is 0.240 e. The van der Waals surface area contributed by atoms with Gasteiger partial charge in [-0.1, -0.05) is 12.1 Å². The zero-order valence-electron chi connectivity index (χ0n) is 12.7. The number of methoxy groups -OCH3 is 1. The Morgan fingerprint density at radius 1 is 1.25 bits per heavy atom. The van der Waals surface area contributed by atoms with Crippen LogP contribution in [0.5, 0.6) is 5.75 Å². The number of hydrogen-bond donors (Lipinski definition) is 1. The molecule has 5 heteroatoms. The van der Waals surface area contributed by atoms with Crippen molar-refractivity contribution in [2.45, 2.75) is 33.2 Å². The van der Waals surface area contributed by atoms with Crippen molar-refractivity contribution in [1.29, 1.82) is 0 Å². The summed E-state index contributed by atoms with van der Waals surface area (Å²) in [6, 6.07) is 7.13. The van der Waals surface area contributed by atoms with Crippen LogP contribution in [0, 0.1) is 0 Å². The summed E-state index contributed by atoms with van der Waals surface area (Å²) in [5.74, 6) is 0.142. The lowest BCUT2D eigenvalue weighted by molar-refractivity contribution is -0.124. The summed E-state index contributed by atoms with van der Waals surface area (Å²) in [6.07, 6.45) is 0. The highest BCUT2D eigenvalue weighted by Gasteiger charge is 2.21. The van der Waals surface area contributed by atoms with Crippen LogP contribution in [0.4, 0.5) is 5.69 Å². The molecule has 0 heterocycles. The topological polar surface area (TPSA) is 58.6 Å². The summed E-state index contributed by atoms with van der Waals surface area (Å²) >= 11 is 0. The molecule has 0 unspecified atom stereocenters. The average molecular weight is 278 g/mol. The Balaban J connectivity index is 2.96. The molecule has 2 amide bonds. The Morgan fingerprint density at radius 2 is 1.85 bits per heavy atom. The predicted molar refractivity (Wildman–Crippen MR) is 78.9 cm³/mol. The maximum atomic E-state index is 12.0. The second kappa shape index (κ2) is 6.41. The van der Waals surface area contributed by atoms with Crippen LogP contribution in [0.15, 0.2) is 24.3 Å². The minimum Gasteiger partial charge on any atom is -0.495 e. The number of rotatable bonds is 4. The Hall–Kier alpha value is -2.04. The van der Waals surface area contributed by atoms with Crippen LogP contribution >= 0.6 is 0 Å². The van der Waals surface area contributed by atoms with Crippen molar-refractivity contribution in [2.75, 3.05) is 18.6 Å². The van der Waals surface area contributed by atoms with E-state index < -0.39 is 0 Å². The summed E-state index contributed by atoms with van der Waals surface area (Å²) in [4.78, 5) is 25.2. The summed E-state index contributed by atoms with van der Waals surface area (Å²) < 4.78 is 5.23. The lowest BCUT2D eigenvalue weighted by Crippen LogP contribution is -2.47. The lowest BCUT2D eigenvalue weighted by Gasteiger charge is -2.26. The summed E-state index contributed by atoms with van der Waals surface area (Å²) in [6.45, 7) is 7.08. The molecule has 0 atom stereocenters. The van der Waals surface area contributed by atoms with E-state index in [-0.39, 0.29) is 23.9 Å². The number of nitrogens with zero attached hydrogens (tertiary/aromatic N) is 1. The number of nitrogens with one attached hydrogen (secondary N) is 1. The molecule has 0 aromatic heterocycles. The number of carbonyl (C=O) groups excluding carboxylic acids is 2. The third-order valence-electron chi connectivity index (χ3n) is 2.57. The fourth-order valence-electron chi connectivity index (χ4n) is 1.82. The standard InChI is InChI=1S/C15H22N2O3/c1-11(18)17(10-14(19)16-15(2,3)4)12-8-6-7-9-13(12)20-5/h6-9H,10H2,1-5H3,(H,16,19).